The monoisotopic (exact) mass is 854 g/mol. The van der Waals surface area contributed by atoms with Gasteiger partial charge < -0.3 is 71.2 Å². The summed E-state index contributed by atoms with van der Waals surface area (Å²) < 4.78 is 79.7. The van der Waals surface area contributed by atoms with Crippen LogP contribution in [-0.2, 0) is 45.4 Å². The summed E-state index contributed by atoms with van der Waals surface area (Å²) in [5.74, 6) is 0.285. The molecule has 3 aromatic heterocycles. The van der Waals surface area contributed by atoms with Crippen LogP contribution in [0.1, 0.15) is 6.23 Å². The number of imidazole rings is 1. The maximum absolute atomic E-state index is 12.5. The van der Waals surface area contributed by atoms with Crippen LogP contribution in [0.25, 0.3) is 11.2 Å². The maximum atomic E-state index is 12.5. The number of hydrogen-bond acceptors (Lipinski definition) is 24. The number of hydrogen-bond donors (Lipinski definition) is 11. The number of aromatic nitrogens is 6. The lowest BCUT2D eigenvalue weighted by atomic mass is 10.1. The summed E-state index contributed by atoms with van der Waals surface area (Å²) in [7, 11) is -11.3. The van der Waals surface area contributed by atoms with Crippen molar-refractivity contribution in [1.82, 2.24) is 29.5 Å². The Bertz CT molecular complexity index is 2050. The van der Waals surface area contributed by atoms with Gasteiger partial charge in [-0.3, -0.25) is 13.6 Å². The summed E-state index contributed by atoms with van der Waals surface area (Å²) in [6.45, 7) is -13.6. The zero-order valence-electron chi connectivity index (χ0n) is 26.1. The van der Waals surface area contributed by atoms with Gasteiger partial charge in [-0.05, 0) is 0 Å². The Morgan fingerprint density at radius 1 is 0.774 bits per heavy atom. The average molecular weight is 854 g/mol. The molecule has 0 radical (unpaired) electrons. The molecular weight excluding hydrogens is 824 g/mol. The van der Waals surface area contributed by atoms with Crippen molar-refractivity contribution in [1.29, 1.82) is 0 Å². The third-order valence-electron chi connectivity index (χ3n) is 7.62. The predicted octanol–water partition coefficient (Wildman–Crippen LogP) is -2.06. The van der Waals surface area contributed by atoms with E-state index in [1.54, 1.807) is 0 Å². The van der Waals surface area contributed by atoms with Crippen molar-refractivity contribution < 1.29 is 85.4 Å². The summed E-state index contributed by atoms with van der Waals surface area (Å²) in [5, 5.41) is 44.8. The van der Waals surface area contributed by atoms with E-state index < -0.39 is 103 Å². The molecule has 0 aromatic carbocycles. The van der Waals surface area contributed by atoms with E-state index in [9.17, 15) is 58.3 Å². The van der Waals surface area contributed by atoms with E-state index in [0.717, 1.165) is 19.0 Å². The summed E-state index contributed by atoms with van der Waals surface area (Å²) in [6.07, 6.45) is -9.23. The molecule has 5 unspecified atom stereocenters. The molecule has 6 rings (SSSR count). The molecule has 3 aliphatic heterocycles. The highest BCUT2D eigenvalue weighted by Gasteiger charge is 2.51. The van der Waals surface area contributed by atoms with Crippen molar-refractivity contribution in [3.8, 4) is 0 Å². The number of aliphatic hydroxyl groups is 4. The number of nitrogen functional groups attached to an aromatic ring is 2. The van der Waals surface area contributed by atoms with Crippen LogP contribution in [0.5, 0.6) is 0 Å². The fourth-order valence-corrected chi connectivity index (χ4v) is 15.7. The molecular formula is C20H30N10O18P4S. The molecule has 12 atom stereocenters. The highest BCUT2D eigenvalue weighted by Crippen LogP contribution is 2.81. The second-order valence-corrected chi connectivity index (χ2v) is 21.6. The first-order valence-electron chi connectivity index (χ1n) is 14.5. The van der Waals surface area contributed by atoms with E-state index in [1.165, 1.54) is 9.47 Å². The predicted molar refractivity (Wildman–Crippen MR) is 175 cm³/mol. The molecule has 3 aliphatic rings. The minimum atomic E-state index is -5.77. The van der Waals surface area contributed by atoms with Gasteiger partial charge in [0.1, 0.15) is 60.5 Å². The van der Waals surface area contributed by atoms with Gasteiger partial charge in [-0.15, -0.1) is 0 Å². The van der Waals surface area contributed by atoms with Gasteiger partial charge in [0.15, 0.2) is 35.6 Å². The summed E-state index contributed by atoms with van der Waals surface area (Å²) in [5.41, 5.74) is 12.1. The van der Waals surface area contributed by atoms with Gasteiger partial charge >= 0.3 is 29.2 Å². The fraction of sp³-hybridized carbons (Fsp3) is 0.550. The highest BCUT2D eigenvalue weighted by atomic mass is 33.1. The fourth-order valence-electron chi connectivity index (χ4n) is 5.31. The third kappa shape index (κ3) is 8.69. The number of phosphoric ester groups is 2. The largest absolute Gasteiger partial charge is 0.480 e. The van der Waals surface area contributed by atoms with Crippen molar-refractivity contribution in [2.45, 2.75) is 49.1 Å². The topological polar surface area (TPSA) is 422 Å². The Hall–Kier alpha value is -2.46. The molecule has 294 valence electrons. The van der Waals surface area contributed by atoms with E-state index in [4.69, 9.17) is 20.9 Å². The van der Waals surface area contributed by atoms with Crippen molar-refractivity contribution >= 4 is 74.5 Å². The van der Waals surface area contributed by atoms with Crippen LogP contribution in [0.4, 0.5) is 23.1 Å². The van der Waals surface area contributed by atoms with Crippen molar-refractivity contribution in [3.05, 3.63) is 19.0 Å². The summed E-state index contributed by atoms with van der Waals surface area (Å²) >= 11 is -1.07. The highest BCUT2D eigenvalue weighted by molar-refractivity contribution is 8.85. The molecule has 0 amide bonds. The second kappa shape index (κ2) is 14.9. The lowest BCUT2D eigenvalue weighted by Gasteiger charge is -2.26. The zero-order chi connectivity index (χ0) is 38.7. The van der Waals surface area contributed by atoms with E-state index in [0.29, 0.717) is 5.69 Å². The number of phosphoric acid groups is 2. The standard InChI is InChI=1S/C20H30N10O18P4S/c21-15-9-17(25-3-23-15)29(5-27-9)19-13(33)11(31)7(45-19)1-43-49(35,36)47-51(39,40)53-52(41,42)48-50(37,38)44-2-8-12(32)14(34)20(46-8)30-6-28-10-16(22)24-4-26-18(10)30/h3-5,7-8,11-14,19-20,28,31-34H,1-2,6H2,(H,35,36)(H,37,38)(H,39,40)(H,41,42)(H2,21,23,25)(H2,22,24,26)/t7-,8?,11-,12+,13-,14+,19-,20+/m0/s1. The van der Waals surface area contributed by atoms with Gasteiger partial charge in [0.25, 0.3) is 0 Å². The zero-order valence-corrected chi connectivity index (χ0v) is 30.5. The van der Waals surface area contributed by atoms with Crippen molar-refractivity contribution in [3.63, 3.8) is 0 Å². The number of nitrogens with zero attached hydrogens (tertiary/aromatic N) is 7. The van der Waals surface area contributed by atoms with Gasteiger partial charge in [0.2, 0.25) is 0 Å². The number of ether oxygens (including phenoxy) is 2. The smallest absolute Gasteiger partial charge is 0.387 e. The second-order valence-electron chi connectivity index (χ2n) is 11.1. The van der Waals surface area contributed by atoms with Crippen LogP contribution >= 0.6 is 40.2 Å². The number of nitrogens with one attached hydrogen (secondary N) is 1. The van der Waals surface area contributed by atoms with E-state index >= 15 is 0 Å². The molecule has 53 heavy (non-hydrogen) atoms. The minimum absolute atomic E-state index is 0.00186. The van der Waals surface area contributed by atoms with E-state index in [1.807, 2.05) is 0 Å². The Morgan fingerprint density at radius 3 is 1.91 bits per heavy atom. The molecule has 2 fully saturated rings. The molecule has 28 nitrogen and oxygen atoms in total. The van der Waals surface area contributed by atoms with Crippen LogP contribution < -0.4 is 21.7 Å². The van der Waals surface area contributed by atoms with Crippen molar-refractivity contribution in [2.75, 3.05) is 41.6 Å². The third-order valence-corrected chi connectivity index (χ3v) is 18.4. The first-order valence-corrected chi connectivity index (χ1v) is 22.7. The summed E-state index contributed by atoms with van der Waals surface area (Å²) in [6, 6.07) is 0. The molecule has 2 saturated heterocycles. The minimum Gasteiger partial charge on any atom is -0.387 e. The van der Waals surface area contributed by atoms with E-state index in [-0.39, 0.29) is 35.3 Å². The van der Waals surface area contributed by atoms with Gasteiger partial charge in [-0.25, -0.2) is 43.2 Å². The Labute approximate surface area is 298 Å². The number of aliphatic hydroxyl groups excluding tert-OH is 4. The molecule has 0 spiro atoms. The van der Waals surface area contributed by atoms with Crippen LogP contribution in [0, 0.1) is 0 Å². The quantitative estimate of drug-likeness (QED) is 0.0776. The van der Waals surface area contributed by atoms with Crippen LogP contribution in [-0.4, -0.2) is 132 Å². The van der Waals surface area contributed by atoms with Gasteiger partial charge in [0.05, 0.1) is 37.2 Å². The number of anilines is 4. The average Bonchev–Trinajstić information content (AvgIpc) is 3.80. The molecule has 0 aliphatic carbocycles. The molecule has 13 N–H and O–H groups in total. The number of rotatable bonds is 14. The molecule has 0 bridgehead atoms. The lowest BCUT2D eigenvalue weighted by molar-refractivity contribution is -0.0501. The molecule has 33 heteroatoms. The Kier molecular flexibility index (Phi) is 11.3. The number of nitrogens with two attached hydrogens (primary N) is 2. The van der Waals surface area contributed by atoms with Crippen LogP contribution in [0.15, 0.2) is 19.0 Å². The first-order chi connectivity index (χ1) is 24.7. The summed E-state index contributed by atoms with van der Waals surface area (Å²) in [4.78, 5) is 61.1. The van der Waals surface area contributed by atoms with Gasteiger partial charge in [-0.1, -0.05) is 0 Å². The SMILES string of the molecule is Nc1ncnc2c1NCN2[C@@H]1OC(COP(=O)(O)OP(=O)(O)SP(=O)(O)OP(=O)(O)OC[C@@H]2O[C@H](n3cnc4c(N)ncnc43)[C@@H](O)[C@H]2O)[C@@H](O)[C@H]1O. The molecule has 0 saturated carbocycles. The van der Waals surface area contributed by atoms with Crippen LogP contribution in [0.2, 0.25) is 0 Å². The van der Waals surface area contributed by atoms with E-state index in [2.05, 4.69) is 47.9 Å². The van der Waals surface area contributed by atoms with Crippen molar-refractivity contribution in [2.24, 2.45) is 0 Å². The molecule has 6 heterocycles. The number of fused-ring (bicyclic) bond motifs is 2. The molecule has 3 aromatic rings. The van der Waals surface area contributed by atoms with Gasteiger partial charge in [0, 0.05) is 0 Å². The lowest BCUT2D eigenvalue weighted by Crippen LogP contribution is -2.44. The maximum Gasteiger partial charge on any atom is 0.480 e. The Balaban J connectivity index is 1.00. The Morgan fingerprint density at radius 2 is 1.30 bits per heavy atom. The normalized spacial score (nSPS) is 31.7. The van der Waals surface area contributed by atoms with Gasteiger partial charge in [-0.2, -0.15) is 8.62 Å². The first kappa shape index (κ1) is 40.2. The van der Waals surface area contributed by atoms with Crippen LogP contribution in [0.3, 0.4) is 0 Å².